The fourth-order valence-corrected chi connectivity index (χ4v) is 3.21. The predicted octanol–water partition coefficient (Wildman–Crippen LogP) is 3.04. The maximum atomic E-state index is 13.7. The molecule has 1 saturated heterocycles. The van der Waals surface area contributed by atoms with Crippen LogP contribution in [0.2, 0.25) is 0 Å². The van der Waals surface area contributed by atoms with Crippen LogP contribution in [0.25, 0.3) is 0 Å². The van der Waals surface area contributed by atoms with Crippen LogP contribution in [-0.4, -0.2) is 44.0 Å². The second-order valence-corrected chi connectivity index (χ2v) is 6.18. The van der Waals surface area contributed by atoms with Crippen molar-refractivity contribution in [2.75, 3.05) is 33.3 Å². The van der Waals surface area contributed by atoms with E-state index in [-0.39, 0.29) is 24.1 Å². The van der Waals surface area contributed by atoms with Gasteiger partial charge in [-0.1, -0.05) is 0 Å². The summed E-state index contributed by atoms with van der Waals surface area (Å²) in [5.41, 5.74) is 0.335. The topological polar surface area (TPSA) is 54.7 Å². The average Bonchev–Trinajstić information content (AvgIpc) is 3.32. The number of ketones is 1. The van der Waals surface area contributed by atoms with Gasteiger partial charge in [0.15, 0.2) is 17.3 Å². The van der Waals surface area contributed by atoms with Crippen LogP contribution in [0.1, 0.15) is 35.0 Å². The lowest BCUT2D eigenvalue weighted by molar-refractivity contribution is 0.0985. The first kappa shape index (κ1) is 17.6. The van der Waals surface area contributed by atoms with Gasteiger partial charge >= 0.3 is 0 Å². The van der Waals surface area contributed by atoms with Crippen LogP contribution in [0.3, 0.4) is 0 Å². The lowest BCUT2D eigenvalue weighted by Crippen LogP contribution is -2.36. The molecule has 0 radical (unpaired) electrons. The molecule has 1 atom stereocenters. The zero-order chi connectivity index (χ0) is 17.6. The summed E-state index contributed by atoms with van der Waals surface area (Å²) in [6.07, 6.45) is 4.03. The van der Waals surface area contributed by atoms with Gasteiger partial charge in [0.05, 0.1) is 26.0 Å². The number of carbonyl (C=O) groups excluding carboxylic acids is 1. The molecule has 0 saturated carbocycles. The Balaban J connectivity index is 1.58. The first-order valence-electron chi connectivity index (χ1n) is 8.54. The Morgan fingerprint density at radius 2 is 2.16 bits per heavy atom. The third kappa shape index (κ3) is 4.27. The molecular formula is C19H23FN2O3. The van der Waals surface area contributed by atoms with E-state index in [0.29, 0.717) is 12.1 Å². The van der Waals surface area contributed by atoms with Crippen molar-refractivity contribution in [3.63, 3.8) is 0 Å². The van der Waals surface area contributed by atoms with E-state index >= 15 is 0 Å². The minimum atomic E-state index is -0.529. The average molecular weight is 346 g/mol. The summed E-state index contributed by atoms with van der Waals surface area (Å²) in [6, 6.07) is 8.22. The lowest BCUT2D eigenvalue weighted by atomic mass is 10.1. The Labute approximate surface area is 146 Å². The molecule has 134 valence electrons. The summed E-state index contributed by atoms with van der Waals surface area (Å²) in [7, 11) is 1.40. The summed E-state index contributed by atoms with van der Waals surface area (Å²) in [5, 5.41) is 3.19. The van der Waals surface area contributed by atoms with Gasteiger partial charge in [-0.15, -0.1) is 0 Å². The van der Waals surface area contributed by atoms with Crippen molar-refractivity contribution in [1.29, 1.82) is 0 Å². The summed E-state index contributed by atoms with van der Waals surface area (Å²) >= 11 is 0. The molecule has 1 fully saturated rings. The van der Waals surface area contributed by atoms with Gasteiger partial charge < -0.3 is 14.5 Å². The molecule has 1 aromatic carbocycles. The van der Waals surface area contributed by atoms with Gasteiger partial charge in [0, 0.05) is 12.1 Å². The molecule has 0 amide bonds. The van der Waals surface area contributed by atoms with Crippen LogP contribution >= 0.6 is 0 Å². The third-order valence-electron chi connectivity index (χ3n) is 4.55. The molecule has 1 unspecified atom stereocenters. The Kier molecular flexibility index (Phi) is 5.83. The van der Waals surface area contributed by atoms with Gasteiger partial charge in [-0.25, -0.2) is 4.39 Å². The number of ether oxygens (including phenoxy) is 1. The number of hydrogen-bond acceptors (Lipinski definition) is 5. The highest BCUT2D eigenvalue weighted by Gasteiger charge is 2.25. The number of likely N-dealkylation sites (tertiary alicyclic amines) is 1. The molecule has 3 rings (SSSR count). The minimum Gasteiger partial charge on any atom is -0.494 e. The van der Waals surface area contributed by atoms with Crippen molar-refractivity contribution >= 4 is 5.78 Å². The molecule has 0 spiro atoms. The number of carbonyl (C=O) groups is 1. The van der Waals surface area contributed by atoms with Crippen molar-refractivity contribution in [2.45, 2.75) is 18.9 Å². The van der Waals surface area contributed by atoms with E-state index in [1.54, 1.807) is 12.3 Å². The number of hydrogen-bond donors (Lipinski definition) is 1. The summed E-state index contributed by atoms with van der Waals surface area (Å²) in [5.74, 6) is 0.355. The maximum absolute atomic E-state index is 13.7. The van der Waals surface area contributed by atoms with Crippen LogP contribution in [0.5, 0.6) is 5.75 Å². The minimum absolute atomic E-state index is 0.109. The fourth-order valence-electron chi connectivity index (χ4n) is 3.21. The van der Waals surface area contributed by atoms with E-state index in [9.17, 15) is 9.18 Å². The molecule has 5 nitrogen and oxygen atoms in total. The van der Waals surface area contributed by atoms with Crippen molar-refractivity contribution < 1.29 is 18.3 Å². The number of rotatable bonds is 8. The maximum Gasteiger partial charge on any atom is 0.176 e. The van der Waals surface area contributed by atoms with Gasteiger partial charge in [-0.05, 0) is 56.3 Å². The Morgan fingerprint density at radius 1 is 1.36 bits per heavy atom. The van der Waals surface area contributed by atoms with Crippen LogP contribution < -0.4 is 10.1 Å². The normalized spacial score (nSPS) is 16.1. The van der Waals surface area contributed by atoms with Crippen molar-refractivity contribution in [2.24, 2.45) is 0 Å². The summed E-state index contributed by atoms with van der Waals surface area (Å²) < 4.78 is 24.2. The fraction of sp³-hybridized carbons (Fsp3) is 0.421. The molecule has 6 heteroatoms. The van der Waals surface area contributed by atoms with Crippen LogP contribution in [0.4, 0.5) is 4.39 Å². The SMILES string of the molecule is COc1ccc(C(=O)CNCC(c2ccco2)N2CCCC2)cc1F. The van der Waals surface area contributed by atoms with Gasteiger partial charge in [-0.3, -0.25) is 9.69 Å². The van der Waals surface area contributed by atoms with Gasteiger partial charge in [0.2, 0.25) is 0 Å². The molecule has 0 aliphatic carbocycles. The van der Waals surface area contributed by atoms with E-state index in [1.165, 1.54) is 32.1 Å². The molecule has 0 bridgehead atoms. The standard InChI is InChI=1S/C19H23FN2O3/c1-24-18-7-6-14(11-15(18)20)17(23)13-21-12-16(19-5-4-10-25-19)22-8-2-3-9-22/h4-7,10-11,16,21H,2-3,8-9,12-13H2,1H3. The van der Waals surface area contributed by atoms with Crippen molar-refractivity contribution in [3.05, 3.63) is 53.7 Å². The monoisotopic (exact) mass is 346 g/mol. The number of nitrogens with one attached hydrogen (secondary N) is 1. The zero-order valence-electron chi connectivity index (χ0n) is 14.3. The number of Topliss-reactive ketones (excluding diaryl/α,β-unsaturated/α-hetero) is 1. The largest absolute Gasteiger partial charge is 0.494 e. The van der Waals surface area contributed by atoms with Gasteiger partial charge in [-0.2, -0.15) is 0 Å². The molecule has 1 aliphatic rings. The Bertz CT molecular complexity index is 697. The van der Waals surface area contributed by atoms with E-state index in [1.807, 2.05) is 12.1 Å². The van der Waals surface area contributed by atoms with E-state index in [0.717, 1.165) is 18.8 Å². The number of furan rings is 1. The molecule has 25 heavy (non-hydrogen) atoms. The number of benzene rings is 1. The van der Waals surface area contributed by atoms with Gasteiger partial charge in [0.1, 0.15) is 5.76 Å². The molecule has 1 aliphatic heterocycles. The third-order valence-corrected chi connectivity index (χ3v) is 4.55. The smallest absolute Gasteiger partial charge is 0.176 e. The van der Waals surface area contributed by atoms with Crippen molar-refractivity contribution in [1.82, 2.24) is 10.2 Å². The highest BCUT2D eigenvalue weighted by atomic mass is 19.1. The zero-order valence-corrected chi connectivity index (χ0v) is 14.3. The Hall–Kier alpha value is -2.18. The molecule has 2 aromatic rings. The number of nitrogens with zero attached hydrogens (tertiary/aromatic N) is 1. The van der Waals surface area contributed by atoms with Crippen LogP contribution in [0.15, 0.2) is 41.0 Å². The highest BCUT2D eigenvalue weighted by Crippen LogP contribution is 2.25. The van der Waals surface area contributed by atoms with Gasteiger partial charge in [0.25, 0.3) is 0 Å². The quantitative estimate of drug-likeness (QED) is 0.745. The second kappa shape index (κ2) is 8.27. The molecule has 1 aromatic heterocycles. The van der Waals surface area contributed by atoms with E-state index in [2.05, 4.69) is 10.2 Å². The van der Waals surface area contributed by atoms with E-state index < -0.39 is 5.82 Å². The van der Waals surface area contributed by atoms with Crippen LogP contribution in [-0.2, 0) is 0 Å². The molecule has 1 N–H and O–H groups in total. The predicted molar refractivity (Wildman–Crippen MR) is 92.4 cm³/mol. The summed E-state index contributed by atoms with van der Waals surface area (Å²) in [4.78, 5) is 14.6. The lowest BCUT2D eigenvalue weighted by Gasteiger charge is -2.26. The summed E-state index contributed by atoms with van der Waals surface area (Å²) in [6.45, 7) is 2.82. The molecule has 2 heterocycles. The Morgan fingerprint density at radius 3 is 2.80 bits per heavy atom. The highest BCUT2D eigenvalue weighted by molar-refractivity contribution is 5.97. The number of halogens is 1. The van der Waals surface area contributed by atoms with E-state index in [4.69, 9.17) is 9.15 Å². The molecular weight excluding hydrogens is 323 g/mol. The first-order valence-corrected chi connectivity index (χ1v) is 8.54. The first-order chi connectivity index (χ1) is 12.2. The van der Waals surface area contributed by atoms with Crippen LogP contribution in [0, 0.1) is 5.82 Å². The second-order valence-electron chi connectivity index (χ2n) is 6.18. The van der Waals surface area contributed by atoms with Crippen molar-refractivity contribution in [3.8, 4) is 5.75 Å². The number of methoxy groups -OCH3 is 1.